The molecule has 0 spiro atoms. The maximum atomic E-state index is 5.95. The fourth-order valence-corrected chi connectivity index (χ4v) is 2.15. The van der Waals surface area contributed by atoms with E-state index in [1.54, 1.807) is 0 Å². The lowest BCUT2D eigenvalue weighted by Crippen LogP contribution is -2.31. The highest BCUT2D eigenvalue weighted by Gasteiger charge is 2.37. The third-order valence-corrected chi connectivity index (χ3v) is 3.11. The van der Waals surface area contributed by atoms with Gasteiger partial charge in [-0.2, -0.15) is 0 Å². The molecule has 0 saturated carbocycles. The van der Waals surface area contributed by atoms with E-state index in [0.717, 1.165) is 17.0 Å². The molecule has 2 unspecified atom stereocenters. The largest absolute Gasteiger partial charge is 0.492 e. The Balaban J connectivity index is 2.11. The van der Waals surface area contributed by atoms with Gasteiger partial charge in [0.15, 0.2) is 0 Å². The summed E-state index contributed by atoms with van der Waals surface area (Å²) < 4.78 is 5.64. The molecule has 0 amide bonds. The highest BCUT2D eigenvalue weighted by molar-refractivity contribution is 6.31. The molecule has 0 radical (unpaired) electrons. The summed E-state index contributed by atoms with van der Waals surface area (Å²) in [6, 6.07) is 5.57. The van der Waals surface area contributed by atoms with Crippen LogP contribution in [-0.4, -0.2) is 18.4 Å². The molecule has 15 heavy (non-hydrogen) atoms. The summed E-state index contributed by atoms with van der Waals surface area (Å²) in [4.78, 5) is 5.26. The monoisotopic (exact) mass is 223 g/mol. The normalized spacial score (nSPS) is 27.2. The average Bonchev–Trinajstić information content (AvgIpc) is 2.61. The predicted molar refractivity (Wildman–Crippen MR) is 57.5 cm³/mol. The molecule has 0 aliphatic carbocycles. The van der Waals surface area contributed by atoms with Crippen LogP contribution in [0.2, 0.25) is 5.02 Å². The van der Waals surface area contributed by atoms with Crippen LogP contribution in [0.3, 0.4) is 0 Å². The standard InChI is InChI=1S/C11H10ClNO2/c1-6-9-5-14-10-3-2-7(12)4-8(10)11(9)13-15-6/h2-4,6,9H,5H2,1H3. The molecule has 2 aliphatic rings. The number of halogens is 1. The van der Waals surface area contributed by atoms with Gasteiger partial charge in [0.2, 0.25) is 0 Å². The van der Waals surface area contributed by atoms with Crippen molar-refractivity contribution in [2.45, 2.75) is 13.0 Å². The van der Waals surface area contributed by atoms with Crippen LogP contribution in [0.25, 0.3) is 0 Å². The lowest BCUT2D eigenvalue weighted by molar-refractivity contribution is 0.0625. The van der Waals surface area contributed by atoms with Crippen molar-refractivity contribution in [3.63, 3.8) is 0 Å². The van der Waals surface area contributed by atoms with Gasteiger partial charge in [-0.1, -0.05) is 16.8 Å². The smallest absolute Gasteiger partial charge is 0.136 e. The molecule has 0 bridgehead atoms. The first-order chi connectivity index (χ1) is 7.25. The fourth-order valence-electron chi connectivity index (χ4n) is 1.97. The topological polar surface area (TPSA) is 30.8 Å². The van der Waals surface area contributed by atoms with E-state index in [4.69, 9.17) is 21.2 Å². The Bertz CT molecular complexity index is 444. The fraction of sp³-hybridized carbons (Fsp3) is 0.364. The Morgan fingerprint density at radius 3 is 3.20 bits per heavy atom. The van der Waals surface area contributed by atoms with Gasteiger partial charge < -0.3 is 9.57 Å². The molecular formula is C11H10ClNO2. The lowest BCUT2D eigenvalue weighted by Gasteiger charge is -2.23. The first kappa shape index (κ1) is 9.04. The van der Waals surface area contributed by atoms with Crippen molar-refractivity contribution >= 4 is 17.3 Å². The zero-order chi connectivity index (χ0) is 10.4. The van der Waals surface area contributed by atoms with Crippen molar-refractivity contribution in [2.75, 3.05) is 6.61 Å². The average molecular weight is 224 g/mol. The zero-order valence-electron chi connectivity index (χ0n) is 8.24. The van der Waals surface area contributed by atoms with Crippen LogP contribution < -0.4 is 4.74 Å². The zero-order valence-corrected chi connectivity index (χ0v) is 8.99. The van der Waals surface area contributed by atoms with Crippen molar-refractivity contribution in [2.24, 2.45) is 11.1 Å². The van der Waals surface area contributed by atoms with Gasteiger partial charge in [0.25, 0.3) is 0 Å². The van der Waals surface area contributed by atoms with E-state index in [9.17, 15) is 0 Å². The van der Waals surface area contributed by atoms with Crippen LogP contribution in [0.15, 0.2) is 23.4 Å². The maximum absolute atomic E-state index is 5.95. The van der Waals surface area contributed by atoms with Crippen LogP contribution in [0.4, 0.5) is 0 Å². The second-order valence-electron chi connectivity index (χ2n) is 3.85. The first-order valence-electron chi connectivity index (χ1n) is 4.92. The summed E-state index contributed by atoms with van der Waals surface area (Å²) >= 11 is 5.95. The van der Waals surface area contributed by atoms with Crippen molar-refractivity contribution in [1.82, 2.24) is 0 Å². The molecule has 4 heteroatoms. The molecule has 0 aromatic heterocycles. The van der Waals surface area contributed by atoms with E-state index in [1.807, 2.05) is 25.1 Å². The van der Waals surface area contributed by atoms with Gasteiger partial charge in [-0.15, -0.1) is 0 Å². The maximum Gasteiger partial charge on any atom is 0.136 e. The van der Waals surface area contributed by atoms with Gasteiger partial charge in [0, 0.05) is 10.6 Å². The Kier molecular flexibility index (Phi) is 1.89. The molecule has 0 fully saturated rings. The van der Waals surface area contributed by atoms with Crippen LogP contribution in [0.1, 0.15) is 12.5 Å². The van der Waals surface area contributed by atoms with Crippen molar-refractivity contribution in [1.29, 1.82) is 0 Å². The second kappa shape index (κ2) is 3.14. The molecule has 2 aliphatic heterocycles. The summed E-state index contributed by atoms with van der Waals surface area (Å²) in [6.07, 6.45) is 0.0899. The van der Waals surface area contributed by atoms with Gasteiger partial charge in [0.05, 0.1) is 5.92 Å². The van der Waals surface area contributed by atoms with Crippen LogP contribution in [-0.2, 0) is 4.84 Å². The van der Waals surface area contributed by atoms with Crippen molar-refractivity contribution in [3.05, 3.63) is 28.8 Å². The number of rotatable bonds is 0. The molecule has 1 aromatic carbocycles. The van der Waals surface area contributed by atoms with Crippen molar-refractivity contribution in [3.8, 4) is 5.75 Å². The molecule has 2 atom stereocenters. The second-order valence-corrected chi connectivity index (χ2v) is 4.28. The summed E-state index contributed by atoms with van der Waals surface area (Å²) in [5.41, 5.74) is 1.93. The minimum atomic E-state index is 0.0899. The summed E-state index contributed by atoms with van der Waals surface area (Å²) in [6.45, 7) is 2.63. The van der Waals surface area contributed by atoms with E-state index in [-0.39, 0.29) is 12.0 Å². The van der Waals surface area contributed by atoms with Gasteiger partial charge in [-0.25, -0.2) is 0 Å². The van der Waals surface area contributed by atoms with E-state index in [0.29, 0.717) is 11.6 Å². The minimum Gasteiger partial charge on any atom is -0.492 e. The number of nitrogens with zero attached hydrogens (tertiary/aromatic N) is 1. The van der Waals surface area contributed by atoms with Crippen LogP contribution >= 0.6 is 11.6 Å². The molecule has 0 saturated heterocycles. The molecule has 3 rings (SSSR count). The predicted octanol–water partition coefficient (Wildman–Crippen LogP) is 2.47. The number of oxime groups is 1. The molecule has 1 aromatic rings. The van der Waals surface area contributed by atoms with E-state index in [2.05, 4.69) is 5.16 Å². The number of ether oxygens (including phenoxy) is 1. The third-order valence-electron chi connectivity index (χ3n) is 2.87. The van der Waals surface area contributed by atoms with Gasteiger partial charge in [-0.3, -0.25) is 0 Å². The number of hydrogen-bond acceptors (Lipinski definition) is 3. The Morgan fingerprint density at radius 2 is 2.33 bits per heavy atom. The van der Waals surface area contributed by atoms with Crippen LogP contribution in [0.5, 0.6) is 5.75 Å². The Hall–Kier alpha value is -1.22. The van der Waals surface area contributed by atoms with E-state index >= 15 is 0 Å². The van der Waals surface area contributed by atoms with E-state index in [1.165, 1.54) is 0 Å². The third kappa shape index (κ3) is 1.30. The Labute approximate surface area is 92.6 Å². The Morgan fingerprint density at radius 1 is 1.47 bits per heavy atom. The first-order valence-corrected chi connectivity index (χ1v) is 5.30. The quantitative estimate of drug-likeness (QED) is 0.677. The number of benzene rings is 1. The number of fused-ring (bicyclic) bond motifs is 3. The highest BCUT2D eigenvalue weighted by Crippen LogP contribution is 2.34. The van der Waals surface area contributed by atoms with Crippen molar-refractivity contribution < 1.29 is 9.57 Å². The SMILES string of the molecule is CC1ON=C2c3cc(Cl)ccc3OCC21. The molecule has 0 N–H and O–H groups in total. The van der Waals surface area contributed by atoms with Gasteiger partial charge in [0.1, 0.15) is 24.2 Å². The molecular weight excluding hydrogens is 214 g/mol. The lowest BCUT2D eigenvalue weighted by atomic mass is 9.91. The summed E-state index contributed by atoms with van der Waals surface area (Å²) in [5.74, 6) is 1.07. The van der Waals surface area contributed by atoms with Gasteiger partial charge in [-0.05, 0) is 25.1 Å². The van der Waals surface area contributed by atoms with E-state index < -0.39 is 0 Å². The van der Waals surface area contributed by atoms with Crippen LogP contribution in [0, 0.1) is 5.92 Å². The molecule has 78 valence electrons. The van der Waals surface area contributed by atoms with Gasteiger partial charge >= 0.3 is 0 Å². The summed E-state index contributed by atoms with van der Waals surface area (Å²) in [7, 11) is 0. The molecule has 3 nitrogen and oxygen atoms in total. The minimum absolute atomic E-state index is 0.0899. The summed E-state index contributed by atoms with van der Waals surface area (Å²) in [5, 5.41) is 4.79. The highest BCUT2D eigenvalue weighted by atomic mass is 35.5. The molecule has 2 heterocycles. The number of hydrogen-bond donors (Lipinski definition) is 0.